The third kappa shape index (κ3) is 4.57. The number of piperidine rings is 2. The summed E-state index contributed by atoms with van der Waals surface area (Å²) in [6.07, 6.45) is 4.94. The zero-order valence-electron chi connectivity index (χ0n) is 14.5. The van der Waals surface area contributed by atoms with Gasteiger partial charge in [0.2, 0.25) is 5.91 Å². The number of rotatable bonds is 4. The maximum absolute atomic E-state index is 13.1. The lowest BCUT2D eigenvalue weighted by atomic mass is 9.88. The Morgan fingerprint density at radius 1 is 1.08 bits per heavy atom. The average Bonchev–Trinajstić information content (AvgIpc) is 2.67. The van der Waals surface area contributed by atoms with Crippen molar-refractivity contribution in [2.24, 2.45) is 5.92 Å². The molecule has 0 saturated carbocycles. The largest absolute Gasteiger partial charge is 0.341 e. The molecule has 0 spiro atoms. The molecule has 2 aliphatic rings. The van der Waals surface area contributed by atoms with E-state index in [9.17, 15) is 14.0 Å². The van der Waals surface area contributed by atoms with Crippen LogP contribution in [0.2, 0.25) is 0 Å². The first-order chi connectivity index (χ1) is 12.1. The molecule has 136 valence electrons. The Labute approximate surface area is 148 Å². The van der Waals surface area contributed by atoms with Crippen molar-refractivity contribution in [3.05, 3.63) is 35.6 Å². The van der Waals surface area contributed by atoms with Crippen LogP contribution in [0.3, 0.4) is 0 Å². The molecule has 6 heteroatoms. The van der Waals surface area contributed by atoms with Crippen molar-refractivity contribution in [3.8, 4) is 0 Å². The van der Waals surface area contributed by atoms with Crippen LogP contribution in [0, 0.1) is 11.7 Å². The molecule has 2 N–H and O–H groups in total. The third-order valence-corrected chi connectivity index (χ3v) is 5.18. The first-order valence-corrected chi connectivity index (χ1v) is 9.21. The smallest absolute Gasteiger partial charge is 0.251 e. The minimum atomic E-state index is -0.502. The summed E-state index contributed by atoms with van der Waals surface area (Å²) in [5, 5.41) is 6.24. The van der Waals surface area contributed by atoms with Crippen LogP contribution >= 0.6 is 0 Å². The van der Waals surface area contributed by atoms with E-state index in [2.05, 4.69) is 10.6 Å². The minimum Gasteiger partial charge on any atom is -0.341 e. The summed E-state index contributed by atoms with van der Waals surface area (Å²) in [4.78, 5) is 27.5. The first kappa shape index (κ1) is 17.9. The Kier molecular flexibility index (Phi) is 6.02. The second-order valence-electron chi connectivity index (χ2n) is 6.93. The summed E-state index contributed by atoms with van der Waals surface area (Å²) in [6.45, 7) is 3.27. The van der Waals surface area contributed by atoms with Crippen molar-refractivity contribution in [3.63, 3.8) is 0 Å². The zero-order valence-corrected chi connectivity index (χ0v) is 14.5. The fourth-order valence-electron chi connectivity index (χ4n) is 3.70. The van der Waals surface area contributed by atoms with Gasteiger partial charge in [0.15, 0.2) is 0 Å². The molecule has 0 radical (unpaired) electrons. The maximum Gasteiger partial charge on any atom is 0.251 e. The average molecular weight is 347 g/mol. The van der Waals surface area contributed by atoms with Crippen LogP contribution in [0.15, 0.2) is 24.3 Å². The van der Waals surface area contributed by atoms with Gasteiger partial charge in [-0.25, -0.2) is 4.39 Å². The number of hydrogen-bond donors (Lipinski definition) is 2. The molecule has 2 fully saturated rings. The van der Waals surface area contributed by atoms with E-state index in [-0.39, 0.29) is 23.5 Å². The number of nitrogens with one attached hydrogen (secondary N) is 2. The van der Waals surface area contributed by atoms with Gasteiger partial charge >= 0.3 is 0 Å². The highest BCUT2D eigenvalue weighted by Crippen LogP contribution is 2.21. The molecule has 1 atom stereocenters. The topological polar surface area (TPSA) is 61.4 Å². The lowest BCUT2D eigenvalue weighted by Crippen LogP contribution is -2.55. The van der Waals surface area contributed by atoms with Gasteiger partial charge in [0.05, 0.1) is 0 Å². The number of carbonyl (C=O) groups excluding carboxylic acids is 2. The third-order valence-electron chi connectivity index (χ3n) is 5.18. The van der Waals surface area contributed by atoms with Crippen LogP contribution in [0.4, 0.5) is 4.39 Å². The molecule has 0 aromatic heterocycles. The van der Waals surface area contributed by atoms with Gasteiger partial charge in [0.25, 0.3) is 5.91 Å². The predicted molar refractivity (Wildman–Crippen MR) is 93.7 cm³/mol. The van der Waals surface area contributed by atoms with E-state index in [0.29, 0.717) is 5.56 Å². The summed E-state index contributed by atoms with van der Waals surface area (Å²) in [5.74, 6) is -0.521. The number of benzene rings is 1. The molecular formula is C19H26FN3O2. The molecule has 2 amide bonds. The molecule has 25 heavy (non-hydrogen) atoms. The first-order valence-electron chi connectivity index (χ1n) is 9.21. The number of amides is 2. The highest BCUT2D eigenvalue weighted by Gasteiger charge is 2.34. The van der Waals surface area contributed by atoms with E-state index in [1.165, 1.54) is 24.3 Å². The zero-order chi connectivity index (χ0) is 17.6. The van der Waals surface area contributed by atoms with E-state index in [1.807, 2.05) is 4.90 Å². The van der Waals surface area contributed by atoms with Crippen LogP contribution in [0.25, 0.3) is 0 Å². The molecule has 0 bridgehead atoms. The molecule has 1 aromatic carbocycles. The number of nitrogens with zero attached hydrogens (tertiary/aromatic N) is 1. The number of carbonyl (C=O) groups is 2. The van der Waals surface area contributed by atoms with E-state index in [0.717, 1.165) is 58.3 Å². The van der Waals surface area contributed by atoms with Gasteiger partial charge in [-0.1, -0.05) is 0 Å². The Morgan fingerprint density at radius 3 is 2.36 bits per heavy atom. The van der Waals surface area contributed by atoms with Crippen LogP contribution < -0.4 is 10.6 Å². The van der Waals surface area contributed by atoms with Crippen LogP contribution in [0.5, 0.6) is 0 Å². The van der Waals surface area contributed by atoms with Gasteiger partial charge in [0.1, 0.15) is 11.9 Å². The number of halogens is 1. The molecule has 2 aliphatic heterocycles. The van der Waals surface area contributed by atoms with Crippen molar-refractivity contribution in [2.75, 3.05) is 26.2 Å². The molecular weight excluding hydrogens is 321 g/mol. The van der Waals surface area contributed by atoms with Gasteiger partial charge in [-0.05, 0) is 75.4 Å². The highest BCUT2D eigenvalue weighted by atomic mass is 19.1. The van der Waals surface area contributed by atoms with E-state index < -0.39 is 6.04 Å². The van der Waals surface area contributed by atoms with Gasteiger partial charge < -0.3 is 15.5 Å². The fourth-order valence-corrected chi connectivity index (χ4v) is 3.70. The quantitative estimate of drug-likeness (QED) is 0.875. The second-order valence-corrected chi connectivity index (χ2v) is 6.93. The van der Waals surface area contributed by atoms with E-state index >= 15 is 0 Å². The van der Waals surface area contributed by atoms with Crippen molar-refractivity contribution in [1.29, 1.82) is 0 Å². The minimum absolute atomic E-state index is 0.0297. The van der Waals surface area contributed by atoms with Crippen molar-refractivity contribution >= 4 is 11.8 Å². The van der Waals surface area contributed by atoms with Gasteiger partial charge in [-0.15, -0.1) is 0 Å². The molecule has 2 saturated heterocycles. The maximum atomic E-state index is 13.1. The predicted octanol–water partition coefficient (Wildman–Crippen LogP) is 1.94. The summed E-state index contributed by atoms with van der Waals surface area (Å²) in [5.41, 5.74) is 0.381. The van der Waals surface area contributed by atoms with Crippen LogP contribution in [-0.2, 0) is 4.79 Å². The standard InChI is InChI=1S/C19H26FN3O2/c20-16-6-4-15(5-7-16)18(24)22-17(14-8-10-21-11-9-14)19(25)23-12-2-1-3-13-23/h4-7,14,17,21H,1-3,8-13H2,(H,22,24). The summed E-state index contributed by atoms with van der Waals surface area (Å²) >= 11 is 0. The summed E-state index contributed by atoms with van der Waals surface area (Å²) < 4.78 is 13.1. The van der Waals surface area contributed by atoms with Crippen molar-refractivity contribution in [2.45, 2.75) is 38.1 Å². The van der Waals surface area contributed by atoms with Gasteiger partial charge in [-0.3, -0.25) is 9.59 Å². The number of hydrogen-bond acceptors (Lipinski definition) is 3. The monoisotopic (exact) mass is 347 g/mol. The summed E-state index contributed by atoms with van der Waals surface area (Å²) in [7, 11) is 0. The van der Waals surface area contributed by atoms with E-state index in [1.54, 1.807) is 0 Å². The van der Waals surface area contributed by atoms with Gasteiger partial charge in [-0.2, -0.15) is 0 Å². The molecule has 3 rings (SSSR count). The lowest BCUT2D eigenvalue weighted by Gasteiger charge is -2.36. The Bertz CT molecular complexity index is 593. The molecule has 1 unspecified atom stereocenters. The van der Waals surface area contributed by atoms with Crippen LogP contribution in [-0.4, -0.2) is 48.9 Å². The lowest BCUT2D eigenvalue weighted by molar-refractivity contribution is -0.135. The van der Waals surface area contributed by atoms with E-state index in [4.69, 9.17) is 0 Å². The molecule has 5 nitrogen and oxygen atoms in total. The molecule has 1 aromatic rings. The van der Waals surface area contributed by atoms with Crippen molar-refractivity contribution < 1.29 is 14.0 Å². The Balaban J connectivity index is 1.74. The molecule has 0 aliphatic carbocycles. The number of likely N-dealkylation sites (tertiary alicyclic amines) is 1. The Morgan fingerprint density at radius 2 is 1.72 bits per heavy atom. The summed E-state index contributed by atoms with van der Waals surface area (Å²) in [6, 6.07) is 4.94. The Hall–Kier alpha value is -1.95. The van der Waals surface area contributed by atoms with Crippen molar-refractivity contribution in [1.82, 2.24) is 15.5 Å². The SMILES string of the molecule is O=C(NC(C(=O)N1CCCCC1)C1CCNCC1)c1ccc(F)cc1. The second kappa shape index (κ2) is 8.43. The molecule has 2 heterocycles. The highest BCUT2D eigenvalue weighted by molar-refractivity contribution is 5.97. The normalized spacial score (nSPS) is 20.1. The van der Waals surface area contributed by atoms with Gasteiger partial charge in [0, 0.05) is 18.7 Å². The fraction of sp³-hybridized carbons (Fsp3) is 0.579. The van der Waals surface area contributed by atoms with Crippen LogP contribution in [0.1, 0.15) is 42.5 Å².